The van der Waals surface area contributed by atoms with Gasteiger partial charge in [-0.25, -0.2) is 4.79 Å². The Morgan fingerprint density at radius 2 is 1.88 bits per heavy atom. The standard InChI is InChI=1S/C19H36N4O3/c1-3-20-18(21-12-7-15-26-17-8-5-6-9-17)22-16-10-13-23(14-11-16)19(24)25-4-2/h16-17H,3-15H2,1-2H3,(H2,20,21,22). The molecule has 1 saturated heterocycles. The van der Waals surface area contributed by atoms with Gasteiger partial charge in [0.25, 0.3) is 0 Å². The lowest BCUT2D eigenvalue weighted by Gasteiger charge is -2.32. The minimum atomic E-state index is -0.200. The molecule has 0 radical (unpaired) electrons. The molecule has 2 fully saturated rings. The second-order valence-electron chi connectivity index (χ2n) is 7.00. The number of hydrogen-bond acceptors (Lipinski definition) is 4. The van der Waals surface area contributed by atoms with Crippen LogP contribution in [0.2, 0.25) is 0 Å². The lowest BCUT2D eigenvalue weighted by molar-refractivity contribution is 0.0579. The Hall–Kier alpha value is -1.50. The van der Waals surface area contributed by atoms with Crippen molar-refractivity contribution in [2.75, 3.05) is 39.4 Å². The van der Waals surface area contributed by atoms with E-state index in [0.29, 0.717) is 18.8 Å². The van der Waals surface area contributed by atoms with Crippen LogP contribution in [0.25, 0.3) is 0 Å². The number of rotatable bonds is 8. The number of guanidine groups is 1. The van der Waals surface area contributed by atoms with Crippen LogP contribution in [0, 0.1) is 0 Å². The number of hydrogen-bond donors (Lipinski definition) is 2. The van der Waals surface area contributed by atoms with Gasteiger partial charge in [0.1, 0.15) is 0 Å². The molecule has 0 aromatic carbocycles. The van der Waals surface area contributed by atoms with Crippen LogP contribution in [-0.4, -0.2) is 68.5 Å². The van der Waals surface area contributed by atoms with Gasteiger partial charge in [-0.3, -0.25) is 4.99 Å². The molecule has 1 aliphatic heterocycles. The monoisotopic (exact) mass is 368 g/mol. The summed E-state index contributed by atoms with van der Waals surface area (Å²) in [6.07, 6.45) is 8.12. The summed E-state index contributed by atoms with van der Waals surface area (Å²) in [4.78, 5) is 18.2. The molecule has 7 nitrogen and oxygen atoms in total. The van der Waals surface area contributed by atoms with Crippen LogP contribution in [0.3, 0.4) is 0 Å². The fourth-order valence-corrected chi connectivity index (χ4v) is 3.49. The maximum Gasteiger partial charge on any atom is 0.409 e. The fraction of sp³-hybridized carbons (Fsp3) is 0.895. The van der Waals surface area contributed by atoms with Crippen LogP contribution in [0.15, 0.2) is 4.99 Å². The Balaban J connectivity index is 1.65. The summed E-state index contributed by atoms with van der Waals surface area (Å²) in [6, 6.07) is 0.341. The van der Waals surface area contributed by atoms with E-state index < -0.39 is 0 Å². The molecule has 1 saturated carbocycles. The van der Waals surface area contributed by atoms with Gasteiger partial charge in [0, 0.05) is 38.8 Å². The van der Waals surface area contributed by atoms with Gasteiger partial charge >= 0.3 is 6.09 Å². The SMILES string of the molecule is CCNC(=NCCCOC1CCCC1)NC1CCN(C(=O)OCC)CC1. The number of nitrogens with one attached hydrogen (secondary N) is 2. The average Bonchev–Trinajstić information content (AvgIpc) is 3.16. The molecule has 7 heteroatoms. The van der Waals surface area contributed by atoms with Crippen molar-refractivity contribution in [1.29, 1.82) is 0 Å². The Morgan fingerprint density at radius 3 is 2.54 bits per heavy atom. The molecular weight excluding hydrogens is 332 g/mol. The van der Waals surface area contributed by atoms with Crippen molar-refractivity contribution in [2.24, 2.45) is 4.99 Å². The topological polar surface area (TPSA) is 75.2 Å². The average molecular weight is 369 g/mol. The summed E-state index contributed by atoms with van der Waals surface area (Å²) >= 11 is 0. The predicted molar refractivity (Wildman–Crippen MR) is 104 cm³/mol. The summed E-state index contributed by atoms with van der Waals surface area (Å²) in [5.74, 6) is 0.864. The van der Waals surface area contributed by atoms with Crippen LogP contribution in [0.4, 0.5) is 4.79 Å². The predicted octanol–water partition coefficient (Wildman–Crippen LogP) is 2.51. The van der Waals surface area contributed by atoms with Crippen molar-refractivity contribution in [2.45, 2.75) is 70.9 Å². The quantitative estimate of drug-likeness (QED) is 0.391. The number of nitrogens with zero attached hydrogens (tertiary/aromatic N) is 2. The first kappa shape index (κ1) is 20.8. The van der Waals surface area contributed by atoms with E-state index in [1.165, 1.54) is 25.7 Å². The van der Waals surface area contributed by atoms with E-state index in [9.17, 15) is 4.79 Å². The molecule has 0 spiro atoms. The first-order valence-electron chi connectivity index (χ1n) is 10.3. The van der Waals surface area contributed by atoms with Crippen LogP contribution in [0.5, 0.6) is 0 Å². The molecule has 0 aromatic heterocycles. The zero-order valence-electron chi connectivity index (χ0n) is 16.5. The largest absolute Gasteiger partial charge is 0.450 e. The number of amides is 1. The second kappa shape index (κ2) is 12.0. The highest BCUT2D eigenvalue weighted by Crippen LogP contribution is 2.20. The fourth-order valence-electron chi connectivity index (χ4n) is 3.49. The molecule has 1 amide bonds. The molecule has 26 heavy (non-hydrogen) atoms. The molecule has 0 atom stereocenters. The molecule has 1 heterocycles. The van der Waals surface area contributed by atoms with Crippen LogP contribution in [0.1, 0.15) is 58.8 Å². The van der Waals surface area contributed by atoms with Crippen molar-refractivity contribution >= 4 is 12.1 Å². The Labute approximate surface area is 157 Å². The number of ether oxygens (including phenoxy) is 2. The maximum absolute atomic E-state index is 11.8. The highest BCUT2D eigenvalue weighted by Gasteiger charge is 2.24. The Bertz CT molecular complexity index is 431. The minimum Gasteiger partial charge on any atom is -0.450 e. The van der Waals surface area contributed by atoms with Gasteiger partial charge < -0.3 is 25.0 Å². The first-order chi connectivity index (χ1) is 12.7. The molecule has 2 aliphatic rings. The van der Waals surface area contributed by atoms with E-state index >= 15 is 0 Å². The molecular formula is C19H36N4O3. The van der Waals surface area contributed by atoms with E-state index in [2.05, 4.69) is 22.5 Å². The van der Waals surface area contributed by atoms with E-state index in [1.54, 1.807) is 4.90 Å². The van der Waals surface area contributed by atoms with Crippen LogP contribution >= 0.6 is 0 Å². The van der Waals surface area contributed by atoms with Crippen molar-refractivity contribution < 1.29 is 14.3 Å². The molecule has 0 unspecified atom stereocenters. The van der Waals surface area contributed by atoms with Gasteiger partial charge in [-0.1, -0.05) is 12.8 Å². The zero-order valence-corrected chi connectivity index (χ0v) is 16.5. The summed E-state index contributed by atoms with van der Waals surface area (Å²) in [5.41, 5.74) is 0. The molecule has 0 aromatic rings. The van der Waals surface area contributed by atoms with Gasteiger partial charge in [-0.2, -0.15) is 0 Å². The number of piperidine rings is 1. The maximum atomic E-state index is 11.8. The number of carbonyl (C=O) groups is 1. The van der Waals surface area contributed by atoms with Crippen LogP contribution in [-0.2, 0) is 9.47 Å². The van der Waals surface area contributed by atoms with Gasteiger partial charge in [0.05, 0.1) is 12.7 Å². The third-order valence-corrected chi connectivity index (χ3v) is 4.93. The Kier molecular flexibility index (Phi) is 9.60. The molecule has 2 rings (SSSR count). The third kappa shape index (κ3) is 7.40. The molecule has 2 N–H and O–H groups in total. The Morgan fingerprint density at radius 1 is 1.15 bits per heavy atom. The van der Waals surface area contributed by atoms with Crippen molar-refractivity contribution in [1.82, 2.24) is 15.5 Å². The number of aliphatic imine (C=N–C) groups is 1. The highest BCUT2D eigenvalue weighted by atomic mass is 16.6. The number of likely N-dealkylation sites (tertiary alicyclic amines) is 1. The first-order valence-corrected chi connectivity index (χ1v) is 10.3. The summed E-state index contributed by atoms with van der Waals surface area (Å²) in [6.45, 7) is 8.20. The van der Waals surface area contributed by atoms with Crippen molar-refractivity contribution in [3.63, 3.8) is 0 Å². The van der Waals surface area contributed by atoms with Crippen molar-refractivity contribution in [3.05, 3.63) is 0 Å². The van der Waals surface area contributed by atoms with Gasteiger partial charge in [-0.05, 0) is 46.0 Å². The molecule has 0 bridgehead atoms. The highest BCUT2D eigenvalue weighted by molar-refractivity contribution is 5.80. The minimum absolute atomic E-state index is 0.200. The molecule has 1 aliphatic carbocycles. The third-order valence-electron chi connectivity index (χ3n) is 4.93. The van der Waals surface area contributed by atoms with E-state index in [-0.39, 0.29) is 6.09 Å². The summed E-state index contributed by atoms with van der Waals surface area (Å²) in [5, 5.41) is 6.81. The smallest absolute Gasteiger partial charge is 0.409 e. The normalized spacial score (nSPS) is 19.6. The van der Waals surface area contributed by atoms with E-state index in [1.807, 2.05) is 6.92 Å². The van der Waals surface area contributed by atoms with Crippen LogP contribution < -0.4 is 10.6 Å². The van der Waals surface area contributed by atoms with Gasteiger partial charge in [0.2, 0.25) is 0 Å². The summed E-state index contributed by atoms with van der Waals surface area (Å²) in [7, 11) is 0. The second-order valence-corrected chi connectivity index (χ2v) is 7.00. The van der Waals surface area contributed by atoms with Gasteiger partial charge in [0.15, 0.2) is 5.96 Å². The summed E-state index contributed by atoms with van der Waals surface area (Å²) < 4.78 is 11.0. The van der Waals surface area contributed by atoms with E-state index in [4.69, 9.17) is 9.47 Å². The van der Waals surface area contributed by atoms with E-state index in [0.717, 1.165) is 58.0 Å². The lowest BCUT2D eigenvalue weighted by Crippen LogP contribution is -2.49. The van der Waals surface area contributed by atoms with Gasteiger partial charge in [-0.15, -0.1) is 0 Å². The molecule has 150 valence electrons. The zero-order chi connectivity index (χ0) is 18.6. The lowest BCUT2D eigenvalue weighted by atomic mass is 10.1. The number of carbonyl (C=O) groups excluding carboxylic acids is 1. The van der Waals surface area contributed by atoms with Crippen molar-refractivity contribution in [3.8, 4) is 0 Å².